The standard InChI is InChI=1S/C25H29NO3/c1-3-4-5-8-17-26-18-23-21(16-13-19-11-14-20(28-2)15-12-19)22-9-6-7-10-24(22)29-25(23)27/h6-7,9-12,14-15,18H,3-5,8,13,16-17H2,1-2H3. The van der Waals surface area contributed by atoms with Crippen molar-refractivity contribution in [3.63, 3.8) is 0 Å². The number of benzene rings is 2. The van der Waals surface area contributed by atoms with Gasteiger partial charge in [0.15, 0.2) is 0 Å². The Morgan fingerprint density at radius 2 is 1.79 bits per heavy atom. The zero-order valence-corrected chi connectivity index (χ0v) is 17.3. The van der Waals surface area contributed by atoms with E-state index < -0.39 is 0 Å². The van der Waals surface area contributed by atoms with Crippen LogP contribution in [0, 0.1) is 0 Å². The predicted octanol–water partition coefficient (Wildman–Crippen LogP) is 5.59. The molecule has 0 aliphatic heterocycles. The minimum Gasteiger partial charge on any atom is -0.497 e. The van der Waals surface area contributed by atoms with Gasteiger partial charge in [-0.2, -0.15) is 0 Å². The van der Waals surface area contributed by atoms with Crippen molar-refractivity contribution in [2.45, 2.75) is 45.4 Å². The summed E-state index contributed by atoms with van der Waals surface area (Å²) < 4.78 is 10.8. The topological polar surface area (TPSA) is 51.8 Å². The fraction of sp³-hybridized carbons (Fsp3) is 0.360. The Morgan fingerprint density at radius 1 is 1.00 bits per heavy atom. The van der Waals surface area contributed by atoms with Gasteiger partial charge in [0, 0.05) is 18.1 Å². The Bertz CT molecular complexity index is 1000. The summed E-state index contributed by atoms with van der Waals surface area (Å²) in [6.45, 7) is 2.93. The first kappa shape index (κ1) is 20.8. The summed E-state index contributed by atoms with van der Waals surface area (Å²) in [5.41, 5.74) is 3.09. The summed E-state index contributed by atoms with van der Waals surface area (Å²) in [6.07, 6.45) is 7.93. The second kappa shape index (κ2) is 10.6. The van der Waals surface area contributed by atoms with Crippen LogP contribution in [0.1, 0.15) is 49.3 Å². The van der Waals surface area contributed by atoms with Crippen molar-refractivity contribution in [1.82, 2.24) is 0 Å². The molecule has 1 aromatic heterocycles. The van der Waals surface area contributed by atoms with Gasteiger partial charge in [-0.25, -0.2) is 4.79 Å². The first-order valence-electron chi connectivity index (χ1n) is 10.4. The van der Waals surface area contributed by atoms with Gasteiger partial charge in [0.2, 0.25) is 0 Å². The summed E-state index contributed by atoms with van der Waals surface area (Å²) in [5.74, 6) is 0.843. The van der Waals surface area contributed by atoms with Crippen LogP contribution in [0.4, 0.5) is 0 Å². The fourth-order valence-corrected chi connectivity index (χ4v) is 3.48. The van der Waals surface area contributed by atoms with Gasteiger partial charge < -0.3 is 9.15 Å². The van der Waals surface area contributed by atoms with E-state index in [1.54, 1.807) is 13.3 Å². The van der Waals surface area contributed by atoms with E-state index in [1.807, 2.05) is 36.4 Å². The van der Waals surface area contributed by atoms with Crippen LogP contribution in [0.2, 0.25) is 0 Å². The molecule has 0 aliphatic rings. The minimum atomic E-state index is -0.314. The first-order chi connectivity index (χ1) is 14.2. The van der Waals surface area contributed by atoms with Gasteiger partial charge in [-0.1, -0.05) is 56.5 Å². The Morgan fingerprint density at radius 3 is 2.55 bits per heavy atom. The molecule has 0 amide bonds. The summed E-state index contributed by atoms with van der Waals surface area (Å²) in [7, 11) is 1.66. The van der Waals surface area contributed by atoms with Crippen LogP contribution in [-0.2, 0) is 12.8 Å². The maximum atomic E-state index is 12.6. The number of ether oxygens (including phenoxy) is 1. The number of aliphatic imine (C=N–C) groups is 1. The molecule has 0 fully saturated rings. The molecular weight excluding hydrogens is 362 g/mol. The number of aryl methyl sites for hydroxylation is 2. The van der Waals surface area contributed by atoms with Gasteiger partial charge in [-0.15, -0.1) is 0 Å². The molecule has 1 heterocycles. The number of methoxy groups -OCH3 is 1. The third-order valence-corrected chi connectivity index (χ3v) is 5.14. The maximum absolute atomic E-state index is 12.6. The lowest BCUT2D eigenvalue weighted by Crippen LogP contribution is -2.12. The van der Waals surface area contributed by atoms with Crippen LogP contribution in [-0.4, -0.2) is 19.9 Å². The number of fused-ring (bicyclic) bond motifs is 1. The van der Waals surface area contributed by atoms with Gasteiger partial charge in [0.05, 0.1) is 12.7 Å². The van der Waals surface area contributed by atoms with Crippen molar-refractivity contribution in [1.29, 1.82) is 0 Å². The van der Waals surface area contributed by atoms with E-state index in [-0.39, 0.29) is 5.63 Å². The first-order valence-corrected chi connectivity index (χ1v) is 10.4. The summed E-state index contributed by atoms with van der Waals surface area (Å²) in [6, 6.07) is 15.8. The Labute approximate surface area is 172 Å². The monoisotopic (exact) mass is 391 g/mol. The molecule has 4 heteroatoms. The van der Waals surface area contributed by atoms with Gasteiger partial charge in [-0.05, 0) is 48.6 Å². The molecule has 3 rings (SSSR count). The maximum Gasteiger partial charge on any atom is 0.345 e. The second-order valence-electron chi connectivity index (χ2n) is 7.22. The second-order valence-corrected chi connectivity index (χ2v) is 7.22. The molecular formula is C25H29NO3. The average molecular weight is 392 g/mol. The van der Waals surface area contributed by atoms with Crippen LogP contribution in [0.15, 0.2) is 62.7 Å². The highest BCUT2D eigenvalue weighted by atomic mass is 16.5. The number of para-hydroxylation sites is 1. The van der Waals surface area contributed by atoms with Gasteiger partial charge >= 0.3 is 5.63 Å². The van der Waals surface area contributed by atoms with E-state index in [0.717, 1.165) is 42.5 Å². The van der Waals surface area contributed by atoms with Crippen LogP contribution >= 0.6 is 0 Å². The number of rotatable bonds is 10. The van der Waals surface area contributed by atoms with E-state index in [1.165, 1.54) is 24.8 Å². The largest absolute Gasteiger partial charge is 0.497 e. The Hall–Kier alpha value is -2.88. The summed E-state index contributed by atoms with van der Waals surface area (Å²) in [4.78, 5) is 17.2. The average Bonchev–Trinajstić information content (AvgIpc) is 2.75. The zero-order chi connectivity index (χ0) is 20.5. The van der Waals surface area contributed by atoms with Crippen molar-refractivity contribution in [3.8, 4) is 5.75 Å². The minimum absolute atomic E-state index is 0.314. The molecule has 3 aromatic rings. The summed E-state index contributed by atoms with van der Waals surface area (Å²) >= 11 is 0. The van der Waals surface area contributed by atoms with Crippen molar-refractivity contribution in [2.24, 2.45) is 4.99 Å². The molecule has 0 N–H and O–H groups in total. The van der Waals surface area contributed by atoms with Crippen molar-refractivity contribution >= 4 is 17.2 Å². The van der Waals surface area contributed by atoms with Crippen LogP contribution < -0.4 is 10.4 Å². The third-order valence-electron chi connectivity index (χ3n) is 5.14. The molecule has 152 valence electrons. The summed E-state index contributed by atoms with van der Waals surface area (Å²) in [5, 5.41) is 0.980. The molecule has 0 bridgehead atoms. The lowest BCUT2D eigenvalue weighted by molar-refractivity contribution is 0.414. The van der Waals surface area contributed by atoms with E-state index in [0.29, 0.717) is 11.1 Å². The van der Waals surface area contributed by atoms with Gasteiger partial charge in [0.25, 0.3) is 0 Å². The number of hydrogen-bond donors (Lipinski definition) is 0. The van der Waals surface area contributed by atoms with E-state index in [9.17, 15) is 4.79 Å². The quantitative estimate of drug-likeness (QED) is 0.257. The third kappa shape index (κ3) is 5.57. The van der Waals surface area contributed by atoms with Crippen molar-refractivity contribution in [3.05, 3.63) is 75.6 Å². The molecule has 0 aliphatic carbocycles. The molecule has 0 saturated carbocycles. The lowest BCUT2D eigenvalue weighted by Gasteiger charge is -2.10. The molecule has 0 saturated heterocycles. The SMILES string of the molecule is CCCCCCN=Cc1c(CCc2ccc(OC)cc2)c2ccccc2oc1=O. The van der Waals surface area contributed by atoms with Gasteiger partial charge in [0.1, 0.15) is 11.3 Å². The highest BCUT2D eigenvalue weighted by Gasteiger charge is 2.13. The molecule has 2 aromatic carbocycles. The Balaban J connectivity index is 1.85. The van der Waals surface area contributed by atoms with Crippen LogP contribution in [0.5, 0.6) is 5.75 Å². The Kier molecular flexibility index (Phi) is 7.62. The number of unbranched alkanes of at least 4 members (excludes halogenated alkanes) is 3. The van der Waals surface area contributed by atoms with E-state index >= 15 is 0 Å². The molecule has 0 unspecified atom stereocenters. The van der Waals surface area contributed by atoms with E-state index in [2.05, 4.69) is 24.0 Å². The van der Waals surface area contributed by atoms with Gasteiger partial charge in [-0.3, -0.25) is 4.99 Å². The lowest BCUT2D eigenvalue weighted by atomic mass is 9.98. The smallest absolute Gasteiger partial charge is 0.345 e. The van der Waals surface area contributed by atoms with Crippen LogP contribution in [0.25, 0.3) is 11.0 Å². The fourth-order valence-electron chi connectivity index (χ4n) is 3.48. The van der Waals surface area contributed by atoms with Crippen molar-refractivity contribution < 1.29 is 9.15 Å². The molecule has 0 atom stereocenters. The molecule has 0 radical (unpaired) electrons. The molecule has 0 spiro atoms. The molecule has 29 heavy (non-hydrogen) atoms. The highest BCUT2D eigenvalue weighted by Crippen LogP contribution is 2.22. The zero-order valence-electron chi connectivity index (χ0n) is 17.3. The van der Waals surface area contributed by atoms with Crippen molar-refractivity contribution in [2.75, 3.05) is 13.7 Å². The van der Waals surface area contributed by atoms with E-state index in [4.69, 9.17) is 9.15 Å². The normalized spacial score (nSPS) is 11.4. The predicted molar refractivity (Wildman–Crippen MR) is 119 cm³/mol. The molecule has 4 nitrogen and oxygen atoms in total. The van der Waals surface area contributed by atoms with Crippen LogP contribution in [0.3, 0.4) is 0 Å². The number of nitrogens with zero attached hydrogens (tertiary/aromatic N) is 1. The number of hydrogen-bond acceptors (Lipinski definition) is 4. The highest BCUT2D eigenvalue weighted by molar-refractivity contribution is 5.90.